The summed E-state index contributed by atoms with van der Waals surface area (Å²) in [5.74, 6) is 0. The normalized spacial score (nSPS) is 18.7. The molecule has 0 bridgehead atoms. The van der Waals surface area contributed by atoms with Crippen molar-refractivity contribution in [2.75, 3.05) is 19.4 Å². The lowest BCUT2D eigenvalue weighted by atomic mass is 10.0. The quantitative estimate of drug-likeness (QED) is 0.573. The van der Waals surface area contributed by atoms with Crippen LogP contribution in [0.3, 0.4) is 0 Å². The smallest absolute Gasteiger partial charge is 0.309 e. The fourth-order valence-electron chi connectivity index (χ4n) is 2.15. The lowest BCUT2D eigenvalue weighted by Gasteiger charge is -2.22. The van der Waals surface area contributed by atoms with Crippen molar-refractivity contribution in [3.63, 3.8) is 0 Å². The fraction of sp³-hybridized carbons (Fsp3) is 1.00. The Morgan fingerprint density at radius 1 is 1.12 bits per heavy atom. The molecule has 0 aromatic rings. The molecule has 0 N–H and O–H groups in total. The Labute approximate surface area is 99.4 Å². The highest BCUT2D eigenvalue weighted by Crippen LogP contribution is 2.62. The van der Waals surface area contributed by atoms with Gasteiger partial charge in [0.15, 0.2) is 0 Å². The van der Waals surface area contributed by atoms with E-state index in [0.717, 1.165) is 0 Å². The Balaban J connectivity index is 2.51. The minimum absolute atomic E-state index is 0.274. The third kappa shape index (κ3) is 4.20. The molecule has 1 saturated carbocycles. The van der Waals surface area contributed by atoms with Crippen LogP contribution in [0.15, 0.2) is 0 Å². The van der Waals surface area contributed by atoms with Crippen molar-refractivity contribution in [2.24, 2.45) is 5.41 Å². The van der Waals surface area contributed by atoms with Gasteiger partial charge in [-0.2, -0.15) is 0 Å². The molecule has 16 heavy (non-hydrogen) atoms. The molecular formula is C12H25O3P. The Bertz CT molecular complexity index is 239. The molecule has 0 aromatic heterocycles. The summed E-state index contributed by atoms with van der Waals surface area (Å²) in [5.41, 5.74) is 0.274. The molecule has 0 atom stereocenters. The number of unbranched alkanes of at least 4 members (excludes halogenated alkanes) is 1. The van der Waals surface area contributed by atoms with Crippen molar-refractivity contribution in [1.29, 1.82) is 0 Å². The maximum Gasteiger partial charge on any atom is 0.331 e. The van der Waals surface area contributed by atoms with Crippen LogP contribution >= 0.6 is 7.60 Å². The number of rotatable bonds is 9. The monoisotopic (exact) mass is 248 g/mol. The lowest BCUT2D eigenvalue weighted by Crippen LogP contribution is -2.11. The third-order valence-corrected chi connectivity index (χ3v) is 5.56. The van der Waals surface area contributed by atoms with E-state index in [1.807, 2.05) is 13.8 Å². The van der Waals surface area contributed by atoms with Crippen molar-refractivity contribution in [3.8, 4) is 0 Å². The second-order valence-corrected chi connectivity index (χ2v) is 6.76. The second kappa shape index (κ2) is 6.18. The van der Waals surface area contributed by atoms with E-state index < -0.39 is 7.60 Å². The molecular weight excluding hydrogens is 223 g/mol. The predicted octanol–water partition coefficient (Wildman–Crippen LogP) is 4.22. The zero-order valence-electron chi connectivity index (χ0n) is 10.8. The van der Waals surface area contributed by atoms with E-state index in [4.69, 9.17) is 9.05 Å². The van der Waals surface area contributed by atoms with Crippen molar-refractivity contribution >= 4 is 7.60 Å². The zero-order valence-corrected chi connectivity index (χ0v) is 11.7. The SMILES string of the molecule is CCCCC1(CP(=O)(OCC)OCC)CC1. The second-order valence-electron chi connectivity index (χ2n) is 4.71. The van der Waals surface area contributed by atoms with E-state index in [0.29, 0.717) is 19.4 Å². The molecule has 0 radical (unpaired) electrons. The van der Waals surface area contributed by atoms with Gasteiger partial charge in [-0.15, -0.1) is 0 Å². The first-order valence-electron chi connectivity index (χ1n) is 6.48. The van der Waals surface area contributed by atoms with Crippen LogP contribution in [0.4, 0.5) is 0 Å². The van der Waals surface area contributed by atoms with Gasteiger partial charge in [-0.05, 0) is 38.5 Å². The highest BCUT2D eigenvalue weighted by atomic mass is 31.2. The molecule has 4 heteroatoms. The van der Waals surface area contributed by atoms with Crippen molar-refractivity contribution in [3.05, 3.63) is 0 Å². The maximum absolute atomic E-state index is 12.4. The summed E-state index contributed by atoms with van der Waals surface area (Å²) < 4.78 is 23.1. The first kappa shape index (κ1) is 14.2. The van der Waals surface area contributed by atoms with Gasteiger partial charge in [0, 0.05) is 0 Å². The highest BCUT2D eigenvalue weighted by Gasteiger charge is 2.47. The standard InChI is InChI=1S/C12H25O3P/c1-4-7-8-12(9-10-12)11-16(13,14-5-2)15-6-3/h4-11H2,1-3H3. The van der Waals surface area contributed by atoms with Gasteiger partial charge in [0.05, 0.1) is 19.4 Å². The minimum Gasteiger partial charge on any atom is -0.309 e. The molecule has 3 nitrogen and oxygen atoms in total. The van der Waals surface area contributed by atoms with Gasteiger partial charge in [-0.25, -0.2) is 0 Å². The molecule has 0 unspecified atom stereocenters. The zero-order chi connectivity index (χ0) is 12.1. The van der Waals surface area contributed by atoms with Gasteiger partial charge in [-0.1, -0.05) is 19.8 Å². The third-order valence-electron chi connectivity index (χ3n) is 3.20. The Morgan fingerprint density at radius 2 is 1.69 bits per heavy atom. The minimum atomic E-state index is -2.82. The molecule has 1 aliphatic rings. The topological polar surface area (TPSA) is 35.5 Å². The predicted molar refractivity (Wildman–Crippen MR) is 66.9 cm³/mol. The summed E-state index contributed by atoms with van der Waals surface area (Å²) in [5, 5.41) is 0. The van der Waals surface area contributed by atoms with Crippen LogP contribution in [-0.2, 0) is 13.6 Å². The summed E-state index contributed by atoms with van der Waals surface area (Å²) in [7, 11) is -2.82. The van der Waals surface area contributed by atoms with Gasteiger partial charge in [-0.3, -0.25) is 4.57 Å². The van der Waals surface area contributed by atoms with E-state index in [2.05, 4.69) is 6.92 Å². The van der Waals surface area contributed by atoms with Crippen molar-refractivity contribution < 1.29 is 13.6 Å². The van der Waals surface area contributed by atoms with E-state index >= 15 is 0 Å². The first-order valence-corrected chi connectivity index (χ1v) is 8.20. The number of hydrogen-bond acceptors (Lipinski definition) is 3. The molecule has 1 aliphatic carbocycles. The van der Waals surface area contributed by atoms with E-state index in [1.54, 1.807) is 0 Å². The summed E-state index contributed by atoms with van der Waals surface area (Å²) in [4.78, 5) is 0. The fourth-order valence-corrected chi connectivity index (χ4v) is 4.49. The average Bonchev–Trinajstić information content (AvgIpc) is 2.96. The van der Waals surface area contributed by atoms with Crippen LogP contribution in [-0.4, -0.2) is 19.4 Å². The van der Waals surface area contributed by atoms with Crippen LogP contribution in [0.2, 0.25) is 0 Å². The first-order chi connectivity index (χ1) is 7.60. The van der Waals surface area contributed by atoms with Crippen LogP contribution in [0.25, 0.3) is 0 Å². The molecule has 0 amide bonds. The maximum atomic E-state index is 12.4. The molecule has 0 saturated heterocycles. The van der Waals surface area contributed by atoms with Gasteiger partial charge in [0.1, 0.15) is 0 Å². The van der Waals surface area contributed by atoms with E-state index in [1.165, 1.54) is 32.1 Å². The molecule has 0 aliphatic heterocycles. The number of hydrogen-bond donors (Lipinski definition) is 0. The van der Waals surface area contributed by atoms with Crippen molar-refractivity contribution in [2.45, 2.75) is 52.9 Å². The van der Waals surface area contributed by atoms with Crippen LogP contribution < -0.4 is 0 Å². The Morgan fingerprint density at radius 3 is 2.06 bits per heavy atom. The van der Waals surface area contributed by atoms with Gasteiger partial charge < -0.3 is 9.05 Å². The summed E-state index contributed by atoms with van der Waals surface area (Å²) >= 11 is 0. The van der Waals surface area contributed by atoms with E-state index in [-0.39, 0.29) is 5.41 Å². The molecule has 0 aromatic carbocycles. The van der Waals surface area contributed by atoms with E-state index in [9.17, 15) is 4.57 Å². The summed E-state index contributed by atoms with van der Waals surface area (Å²) in [6.07, 6.45) is 6.61. The molecule has 0 heterocycles. The Kier molecular flexibility index (Phi) is 5.49. The molecule has 1 rings (SSSR count). The molecule has 96 valence electrons. The van der Waals surface area contributed by atoms with Gasteiger partial charge >= 0.3 is 7.60 Å². The average molecular weight is 248 g/mol. The lowest BCUT2D eigenvalue weighted by molar-refractivity contribution is 0.213. The Hall–Kier alpha value is 0.150. The molecule has 0 spiro atoms. The van der Waals surface area contributed by atoms with Crippen molar-refractivity contribution in [1.82, 2.24) is 0 Å². The van der Waals surface area contributed by atoms with Crippen LogP contribution in [0.5, 0.6) is 0 Å². The summed E-state index contributed by atoms with van der Waals surface area (Å²) in [6, 6.07) is 0. The highest BCUT2D eigenvalue weighted by molar-refractivity contribution is 7.53. The summed E-state index contributed by atoms with van der Waals surface area (Å²) in [6.45, 7) is 6.89. The van der Waals surface area contributed by atoms with Gasteiger partial charge in [0.2, 0.25) is 0 Å². The van der Waals surface area contributed by atoms with Gasteiger partial charge in [0.25, 0.3) is 0 Å². The van der Waals surface area contributed by atoms with Crippen LogP contribution in [0.1, 0.15) is 52.9 Å². The largest absolute Gasteiger partial charge is 0.331 e. The molecule has 1 fully saturated rings. The van der Waals surface area contributed by atoms with Crippen LogP contribution in [0, 0.1) is 5.41 Å².